The highest BCUT2D eigenvalue weighted by Gasteiger charge is 2.07. The lowest BCUT2D eigenvalue weighted by molar-refractivity contribution is -0.121. The van der Waals surface area contributed by atoms with Gasteiger partial charge in [0.2, 0.25) is 5.91 Å². The number of unbranched alkanes of at least 4 members (excludes halogenated alkanes) is 4. The van der Waals surface area contributed by atoms with Gasteiger partial charge < -0.3 is 10.4 Å². The minimum absolute atomic E-state index is 0.0297. The van der Waals surface area contributed by atoms with Crippen molar-refractivity contribution in [2.45, 2.75) is 64.9 Å². The van der Waals surface area contributed by atoms with Gasteiger partial charge in [-0.25, -0.2) is 0 Å². The fourth-order valence-corrected chi connectivity index (χ4v) is 2.34. The van der Waals surface area contributed by atoms with Gasteiger partial charge in [0.1, 0.15) is 0 Å². The zero-order valence-corrected chi connectivity index (χ0v) is 12.9. The number of nitrogens with one attached hydrogen (secondary N) is 1. The van der Waals surface area contributed by atoms with E-state index in [1.807, 2.05) is 0 Å². The Morgan fingerprint density at radius 3 is 2.63 bits per heavy atom. The largest absolute Gasteiger partial charge is 0.393 e. The van der Waals surface area contributed by atoms with Crippen LogP contribution in [0.5, 0.6) is 0 Å². The molecule has 1 amide bonds. The summed E-state index contributed by atoms with van der Waals surface area (Å²) in [6.07, 6.45) is 4.26. The first-order valence-electron chi connectivity index (χ1n) is 7.50. The minimum atomic E-state index is -1.70. The Bertz CT molecular complexity index is 293. The second-order valence-corrected chi connectivity index (χ2v) is 5.80. The molecule has 0 fully saturated rings. The fraction of sp³-hybridized carbons (Fsp3) is 0.857. The van der Waals surface area contributed by atoms with Crippen LogP contribution in [0.15, 0.2) is 0 Å². The molecule has 0 saturated carbocycles. The quantitative estimate of drug-likeness (QED) is 0.453. The number of thioether (sulfide) groups is 1. The van der Waals surface area contributed by atoms with E-state index in [4.69, 9.17) is 6.48 Å². The van der Waals surface area contributed by atoms with E-state index in [-0.39, 0.29) is 17.4 Å². The number of hydrogen-bond acceptors (Lipinski definition) is 4. The maximum absolute atomic E-state index is 11.5. The van der Waals surface area contributed by atoms with Gasteiger partial charge in [-0.1, -0.05) is 44.4 Å². The average Bonchev–Trinajstić information content (AvgIpc) is 2.32. The SMILES string of the molecule is [2H][13C](C)(O)CC(=O)SCCNC(=O)CCCCCCC. The van der Waals surface area contributed by atoms with Gasteiger partial charge in [-0.15, -0.1) is 0 Å². The van der Waals surface area contributed by atoms with Gasteiger partial charge in [0.25, 0.3) is 0 Å². The number of amides is 1. The van der Waals surface area contributed by atoms with E-state index in [1.54, 1.807) is 0 Å². The van der Waals surface area contributed by atoms with Gasteiger partial charge >= 0.3 is 0 Å². The van der Waals surface area contributed by atoms with Gasteiger partial charge in [-0.2, -0.15) is 0 Å². The predicted molar refractivity (Wildman–Crippen MR) is 80.1 cm³/mol. The van der Waals surface area contributed by atoms with Crippen molar-refractivity contribution in [1.82, 2.24) is 5.32 Å². The Kier molecular flexibility index (Phi) is 10.8. The summed E-state index contributed by atoms with van der Waals surface area (Å²) in [5, 5.41) is 11.7. The highest BCUT2D eigenvalue weighted by atomic mass is 32.2. The fourth-order valence-electron chi connectivity index (χ4n) is 1.59. The van der Waals surface area contributed by atoms with Gasteiger partial charge in [0, 0.05) is 25.1 Å². The zero-order chi connectivity index (χ0) is 15.4. The molecule has 112 valence electrons. The lowest BCUT2D eigenvalue weighted by Crippen LogP contribution is -2.25. The molecular weight excluding hydrogens is 263 g/mol. The van der Waals surface area contributed by atoms with E-state index in [0.717, 1.165) is 24.6 Å². The van der Waals surface area contributed by atoms with Crippen molar-refractivity contribution in [1.29, 1.82) is 0 Å². The van der Waals surface area contributed by atoms with Crippen LogP contribution in [-0.4, -0.2) is 34.5 Å². The zero-order valence-electron chi connectivity index (χ0n) is 13.0. The van der Waals surface area contributed by atoms with Crippen LogP contribution in [0.3, 0.4) is 0 Å². The molecule has 5 heteroatoms. The predicted octanol–water partition coefficient (Wildman–Crippen LogP) is 2.49. The number of rotatable bonds is 11. The molecule has 0 bridgehead atoms. The van der Waals surface area contributed by atoms with Crippen molar-refractivity contribution in [2.75, 3.05) is 12.3 Å². The molecule has 19 heavy (non-hydrogen) atoms. The van der Waals surface area contributed by atoms with Gasteiger partial charge in [-0.05, 0) is 13.3 Å². The van der Waals surface area contributed by atoms with E-state index in [1.165, 1.54) is 26.2 Å². The Hall–Kier alpha value is -0.550. The smallest absolute Gasteiger partial charge is 0.220 e. The standard InChI is InChI=1S/C14H27NO3S/c1-3-4-5-6-7-8-13(17)15-9-10-19-14(18)11-12(2)16/h12,16H,3-11H2,1-2H3,(H,15,17)/i12+1D. The molecule has 4 nitrogen and oxygen atoms in total. The van der Waals surface area contributed by atoms with Crippen LogP contribution in [0.25, 0.3) is 0 Å². The minimum Gasteiger partial charge on any atom is -0.393 e. The molecule has 0 aromatic rings. The lowest BCUT2D eigenvalue weighted by Gasteiger charge is -2.05. The van der Waals surface area contributed by atoms with Gasteiger partial charge in [0.15, 0.2) is 5.12 Å². The molecular formula is C14H27NO3S. The maximum Gasteiger partial charge on any atom is 0.220 e. The van der Waals surface area contributed by atoms with Crippen LogP contribution in [0.1, 0.15) is 60.2 Å². The van der Waals surface area contributed by atoms with Gasteiger partial charge in [-0.3, -0.25) is 9.59 Å². The molecule has 1 atom stereocenters. The summed E-state index contributed by atoms with van der Waals surface area (Å²) in [6, 6.07) is 0. The summed E-state index contributed by atoms with van der Waals surface area (Å²) in [5.41, 5.74) is 0. The topological polar surface area (TPSA) is 66.4 Å². The highest BCUT2D eigenvalue weighted by molar-refractivity contribution is 8.13. The molecule has 0 heterocycles. The molecule has 0 spiro atoms. The molecule has 0 aliphatic rings. The summed E-state index contributed by atoms with van der Waals surface area (Å²) in [6.45, 7) is 3.89. The Labute approximate surface area is 122 Å². The third kappa shape index (κ3) is 13.7. The molecule has 0 rings (SSSR count). The Morgan fingerprint density at radius 2 is 2.00 bits per heavy atom. The Balaban J connectivity index is 3.46. The van der Waals surface area contributed by atoms with Crippen LogP contribution in [-0.2, 0) is 9.59 Å². The first kappa shape index (κ1) is 16.5. The van der Waals surface area contributed by atoms with E-state index in [9.17, 15) is 9.59 Å². The molecule has 0 aliphatic carbocycles. The van der Waals surface area contributed by atoms with Crippen molar-refractivity contribution < 1.29 is 16.1 Å². The monoisotopic (exact) mass is 291 g/mol. The molecule has 0 aromatic carbocycles. The molecule has 2 N–H and O–H groups in total. The third-order valence-electron chi connectivity index (χ3n) is 2.59. The van der Waals surface area contributed by atoms with E-state index in [2.05, 4.69) is 12.2 Å². The summed E-state index contributed by atoms with van der Waals surface area (Å²) >= 11 is 1.05. The van der Waals surface area contributed by atoms with E-state index in [0.29, 0.717) is 18.7 Å². The maximum atomic E-state index is 11.5. The van der Waals surface area contributed by atoms with Crippen molar-refractivity contribution in [3.05, 3.63) is 0 Å². The number of aliphatic hydroxyl groups is 1. The van der Waals surface area contributed by atoms with Crippen LogP contribution >= 0.6 is 11.8 Å². The highest BCUT2D eigenvalue weighted by Crippen LogP contribution is 2.07. The number of carbonyl (C=O) groups excluding carboxylic acids is 2. The molecule has 1 unspecified atom stereocenters. The lowest BCUT2D eigenvalue weighted by atomic mass is 10.1. The van der Waals surface area contributed by atoms with Crippen molar-refractivity contribution in [2.24, 2.45) is 0 Å². The summed E-state index contributed by atoms with van der Waals surface area (Å²) in [7, 11) is 0. The first-order chi connectivity index (χ1) is 9.35. The van der Waals surface area contributed by atoms with E-state index >= 15 is 0 Å². The summed E-state index contributed by atoms with van der Waals surface area (Å²) in [5.74, 6) is 0.512. The molecule has 0 aliphatic heterocycles. The van der Waals surface area contributed by atoms with Crippen LogP contribution < -0.4 is 5.32 Å². The van der Waals surface area contributed by atoms with E-state index < -0.39 is 6.08 Å². The normalized spacial score (nSPS) is 14.6. The molecule has 0 saturated heterocycles. The van der Waals surface area contributed by atoms with Crippen molar-refractivity contribution >= 4 is 22.8 Å². The number of carbonyl (C=O) groups is 2. The Morgan fingerprint density at radius 1 is 1.32 bits per heavy atom. The number of hydrogen-bond donors (Lipinski definition) is 2. The second-order valence-electron chi connectivity index (χ2n) is 4.65. The van der Waals surface area contributed by atoms with Crippen molar-refractivity contribution in [3.8, 4) is 0 Å². The van der Waals surface area contributed by atoms with Crippen LogP contribution in [0.2, 0.25) is 0 Å². The average molecular weight is 291 g/mol. The van der Waals surface area contributed by atoms with Gasteiger partial charge in [0.05, 0.1) is 7.45 Å². The molecule has 0 radical (unpaired) electrons. The first-order valence-corrected chi connectivity index (χ1v) is 7.98. The molecule has 0 aromatic heterocycles. The second kappa shape index (κ2) is 12.5. The third-order valence-corrected chi connectivity index (χ3v) is 3.47. The van der Waals surface area contributed by atoms with Crippen molar-refractivity contribution in [3.63, 3.8) is 0 Å². The van der Waals surface area contributed by atoms with Crippen LogP contribution in [0, 0.1) is 0 Å². The summed E-state index contributed by atoms with van der Waals surface area (Å²) < 4.78 is 7.19. The van der Waals surface area contributed by atoms with Crippen LogP contribution in [0.4, 0.5) is 0 Å². The summed E-state index contributed by atoms with van der Waals surface area (Å²) in [4.78, 5) is 22.8.